The van der Waals surface area contributed by atoms with E-state index in [2.05, 4.69) is 45.9 Å². The van der Waals surface area contributed by atoms with Crippen LogP contribution in [0.4, 0.5) is 10.1 Å². The van der Waals surface area contributed by atoms with Gasteiger partial charge in [-0.25, -0.2) is 14.4 Å². The first-order valence-electron chi connectivity index (χ1n) is 12.4. The Morgan fingerprint density at radius 3 is 2.66 bits per heavy atom. The monoisotopic (exact) mass is 503 g/mol. The van der Waals surface area contributed by atoms with Gasteiger partial charge in [-0.2, -0.15) is 5.10 Å². The van der Waals surface area contributed by atoms with Crippen molar-refractivity contribution in [2.45, 2.75) is 20.3 Å². The van der Waals surface area contributed by atoms with E-state index in [0.717, 1.165) is 56.7 Å². The van der Waals surface area contributed by atoms with Crippen LogP contribution in [-0.2, 0) is 0 Å². The quantitative estimate of drug-likeness (QED) is 0.212. The topological polar surface area (TPSA) is 95.2 Å². The zero-order valence-corrected chi connectivity index (χ0v) is 21.1. The molecular formula is C30H26FN7. The molecule has 4 aromatic heterocycles. The standard InChI is InChI=1S/C30H26FN7/c1-17(2)12-18(3)33-22-14-20(15-32-16-22)24-10-11-26-28(34-24)29(38-37-26)30-35-25-9-5-8-23(27(25)36-30)19-6-4-7-21(31)13-19/h4-11,13-17,33H,3,12H2,1-2H3,(H,35,36)(H,37,38). The minimum absolute atomic E-state index is 0.289. The highest BCUT2D eigenvalue weighted by Gasteiger charge is 2.17. The number of hydrogen-bond acceptors (Lipinski definition) is 5. The predicted molar refractivity (Wildman–Crippen MR) is 150 cm³/mol. The number of halogens is 1. The van der Waals surface area contributed by atoms with Crippen LogP contribution in [0, 0.1) is 11.7 Å². The molecule has 8 heteroatoms. The Kier molecular flexibility index (Phi) is 5.92. The van der Waals surface area contributed by atoms with Crippen molar-refractivity contribution in [2.24, 2.45) is 5.92 Å². The fourth-order valence-corrected chi connectivity index (χ4v) is 4.65. The molecule has 188 valence electrons. The van der Waals surface area contributed by atoms with Crippen molar-refractivity contribution in [1.82, 2.24) is 30.1 Å². The molecule has 0 unspecified atom stereocenters. The van der Waals surface area contributed by atoms with Crippen LogP contribution in [0.15, 0.2) is 85.3 Å². The number of nitrogens with zero attached hydrogens (tertiary/aromatic N) is 4. The van der Waals surface area contributed by atoms with Gasteiger partial charge in [0.15, 0.2) is 11.5 Å². The van der Waals surface area contributed by atoms with Crippen molar-refractivity contribution < 1.29 is 4.39 Å². The lowest BCUT2D eigenvalue weighted by Gasteiger charge is -2.12. The molecule has 0 fully saturated rings. The molecule has 2 aromatic carbocycles. The van der Waals surface area contributed by atoms with Gasteiger partial charge in [-0.3, -0.25) is 10.1 Å². The molecule has 3 N–H and O–H groups in total. The Bertz CT molecular complexity index is 1800. The molecule has 0 amide bonds. The fourth-order valence-electron chi connectivity index (χ4n) is 4.65. The molecule has 0 aliphatic carbocycles. The van der Waals surface area contributed by atoms with E-state index >= 15 is 0 Å². The van der Waals surface area contributed by atoms with Gasteiger partial charge in [0.1, 0.15) is 11.3 Å². The van der Waals surface area contributed by atoms with Gasteiger partial charge in [0, 0.05) is 23.0 Å². The second kappa shape index (κ2) is 9.55. The Labute approximate surface area is 218 Å². The van der Waals surface area contributed by atoms with E-state index in [1.54, 1.807) is 18.5 Å². The first-order valence-corrected chi connectivity index (χ1v) is 12.4. The molecule has 0 spiro atoms. The van der Waals surface area contributed by atoms with Gasteiger partial charge in [-0.15, -0.1) is 0 Å². The number of nitrogens with one attached hydrogen (secondary N) is 3. The molecule has 7 nitrogen and oxygen atoms in total. The zero-order valence-electron chi connectivity index (χ0n) is 21.1. The third-order valence-corrected chi connectivity index (χ3v) is 6.29. The molecular weight excluding hydrogens is 477 g/mol. The maximum absolute atomic E-state index is 13.9. The number of H-pyrrole nitrogens is 2. The van der Waals surface area contributed by atoms with E-state index in [-0.39, 0.29) is 5.82 Å². The molecule has 0 radical (unpaired) electrons. The van der Waals surface area contributed by atoms with Crippen LogP contribution in [0.2, 0.25) is 0 Å². The summed E-state index contributed by atoms with van der Waals surface area (Å²) < 4.78 is 13.9. The van der Waals surface area contributed by atoms with E-state index in [9.17, 15) is 4.39 Å². The van der Waals surface area contributed by atoms with E-state index in [1.165, 1.54) is 12.1 Å². The van der Waals surface area contributed by atoms with Crippen molar-refractivity contribution >= 4 is 27.8 Å². The molecule has 4 heterocycles. The van der Waals surface area contributed by atoms with Crippen LogP contribution >= 0.6 is 0 Å². The fraction of sp³-hybridized carbons (Fsp3) is 0.133. The lowest BCUT2D eigenvalue weighted by Crippen LogP contribution is -2.02. The van der Waals surface area contributed by atoms with Gasteiger partial charge in [-0.1, -0.05) is 44.7 Å². The van der Waals surface area contributed by atoms with Crippen LogP contribution < -0.4 is 5.32 Å². The summed E-state index contributed by atoms with van der Waals surface area (Å²) in [6, 6.07) is 18.2. The number of pyridine rings is 2. The Hall–Kier alpha value is -4.85. The summed E-state index contributed by atoms with van der Waals surface area (Å²) >= 11 is 0. The lowest BCUT2D eigenvalue weighted by molar-refractivity contribution is 0.628. The number of anilines is 1. The second-order valence-electron chi connectivity index (χ2n) is 9.75. The average molecular weight is 504 g/mol. The SMILES string of the molecule is C=C(CC(C)C)Nc1cncc(-c2ccc3[nH]nc(-c4nc5c(-c6cccc(F)c6)cccc5[nH]4)c3n2)c1. The third kappa shape index (κ3) is 4.52. The Morgan fingerprint density at radius 2 is 1.82 bits per heavy atom. The molecule has 0 bridgehead atoms. The summed E-state index contributed by atoms with van der Waals surface area (Å²) in [6.07, 6.45) is 4.45. The maximum atomic E-state index is 13.9. The summed E-state index contributed by atoms with van der Waals surface area (Å²) in [7, 11) is 0. The van der Waals surface area contributed by atoms with E-state index in [4.69, 9.17) is 9.97 Å². The van der Waals surface area contributed by atoms with Crippen LogP contribution in [0.5, 0.6) is 0 Å². The van der Waals surface area contributed by atoms with Crippen LogP contribution in [0.25, 0.3) is 56.0 Å². The minimum Gasteiger partial charge on any atom is -0.358 e. The second-order valence-corrected chi connectivity index (χ2v) is 9.75. The van der Waals surface area contributed by atoms with Crippen LogP contribution in [0.3, 0.4) is 0 Å². The number of fused-ring (bicyclic) bond motifs is 2. The highest BCUT2D eigenvalue weighted by atomic mass is 19.1. The molecule has 6 aromatic rings. The smallest absolute Gasteiger partial charge is 0.161 e. The van der Waals surface area contributed by atoms with E-state index < -0.39 is 0 Å². The zero-order chi connectivity index (χ0) is 26.2. The molecule has 6 rings (SSSR count). The van der Waals surface area contributed by atoms with E-state index in [1.807, 2.05) is 42.5 Å². The summed E-state index contributed by atoms with van der Waals surface area (Å²) in [5.41, 5.74) is 8.72. The van der Waals surface area contributed by atoms with Crippen LogP contribution in [-0.4, -0.2) is 30.1 Å². The first-order chi connectivity index (χ1) is 18.4. The number of para-hydroxylation sites is 1. The number of aromatic amines is 2. The van der Waals surface area contributed by atoms with Crippen molar-refractivity contribution in [2.75, 3.05) is 5.32 Å². The highest BCUT2D eigenvalue weighted by molar-refractivity contribution is 5.96. The molecule has 0 aliphatic rings. The number of hydrogen-bond donors (Lipinski definition) is 3. The maximum Gasteiger partial charge on any atom is 0.161 e. The number of benzene rings is 2. The summed E-state index contributed by atoms with van der Waals surface area (Å²) in [5, 5.41) is 10.9. The van der Waals surface area contributed by atoms with Gasteiger partial charge in [0.05, 0.1) is 34.1 Å². The molecule has 38 heavy (non-hydrogen) atoms. The molecule has 0 aliphatic heterocycles. The summed E-state index contributed by atoms with van der Waals surface area (Å²) in [4.78, 5) is 17.5. The number of allylic oxidation sites excluding steroid dienone is 1. The largest absolute Gasteiger partial charge is 0.358 e. The van der Waals surface area contributed by atoms with Gasteiger partial charge in [0.2, 0.25) is 0 Å². The van der Waals surface area contributed by atoms with Crippen molar-refractivity contribution in [3.8, 4) is 33.9 Å². The van der Waals surface area contributed by atoms with Crippen molar-refractivity contribution in [3.63, 3.8) is 0 Å². The third-order valence-electron chi connectivity index (χ3n) is 6.29. The summed E-state index contributed by atoms with van der Waals surface area (Å²) in [5.74, 6) is 0.805. The van der Waals surface area contributed by atoms with Crippen molar-refractivity contribution in [3.05, 3.63) is 91.2 Å². The molecule has 0 saturated carbocycles. The first kappa shape index (κ1) is 23.5. The number of rotatable bonds is 7. The van der Waals surface area contributed by atoms with Gasteiger partial charge in [-0.05, 0) is 54.3 Å². The predicted octanol–water partition coefficient (Wildman–Crippen LogP) is 7.34. The number of aromatic nitrogens is 6. The average Bonchev–Trinajstić information content (AvgIpc) is 3.52. The van der Waals surface area contributed by atoms with Gasteiger partial charge in [0.25, 0.3) is 0 Å². The van der Waals surface area contributed by atoms with Crippen molar-refractivity contribution in [1.29, 1.82) is 0 Å². The summed E-state index contributed by atoms with van der Waals surface area (Å²) in [6.45, 7) is 8.44. The lowest BCUT2D eigenvalue weighted by atomic mass is 10.0. The van der Waals surface area contributed by atoms with Crippen LogP contribution in [0.1, 0.15) is 20.3 Å². The normalized spacial score (nSPS) is 11.5. The highest BCUT2D eigenvalue weighted by Crippen LogP contribution is 2.32. The van der Waals surface area contributed by atoms with E-state index in [0.29, 0.717) is 23.0 Å². The Balaban J connectivity index is 1.38. The van der Waals surface area contributed by atoms with Gasteiger partial charge >= 0.3 is 0 Å². The number of imidazole rings is 1. The van der Waals surface area contributed by atoms with Gasteiger partial charge < -0.3 is 10.3 Å². The minimum atomic E-state index is -0.289. The molecule has 0 atom stereocenters. The Morgan fingerprint density at radius 1 is 0.947 bits per heavy atom. The molecule has 0 saturated heterocycles.